The van der Waals surface area contributed by atoms with E-state index in [-0.39, 0.29) is 0 Å². The highest BCUT2D eigenvalue weighted by Crippen LogP contribution is 2.17. The first-order chi connectivity index (χ1) is 12.7. The van der Waals surface area contributed by atoms with Crippen LogP contribution in [-0.4, -0.2) is 16.8 Å². The molecule has 5 nitrogen and oxygen atoms in total. The number of aromatic nitrogens is 2. The standard InChI is InChI=1S/C21H22N4O/c1-3-4-17-13-23-20-11-15-7-10-18(26-2)12-19(15)21(24-25(17)20)14-5-8-16(22)9-6-14/h5-13,24H,3-4,22H2,1-2H3. The van der Waals surface area contributed by atoms with Gasteiger partial charge in [0.1, 0.15) is 5.75 Å². The van der Waals surface area contributed by atoms with E-state index >= 15 is 0 Å². The molecule has 1 aromatic heterocycles. The minimum atomic E-state index is 0.746. The summed E-state index contributed by atoms with van der Waals surface area (Å²) in [4.78, 5) is 4.60. The fourth-order valence-electron chi connectivity index (χ4n) is 3.25. The Morgan fingerprint density at radius 1 is 1.15 bits per heavy atom. The molecule has 2 aromatic carbocycles. The van der Waals surface area contributed by atoms with Crippen molar-refractivity contribution < 1.29 is 4.74 Å². The predicted octanol–water partition coefficient (Wildman–Crippen LogP) is 1.97. The van der Waals surface area contributed by atoms with Gasteiger partial charge in [-0.3, -0.25) is 5.43 Å². The van der Waals surface area contributed by atoms with Crippen molar-refractivity contribution in [3.05, 3.63) is 76.2 Å². The maximum absolute atomic E-state index is 5.88. The van der Waals surface area contributed by atoms with Gasteiger partial charge in [0.2, 0.25) is 0 Å². The Hall–Kier alpha value is -3.21. The van der Waals surface area contributed by atoms with E-state index in [1.807, 2.05) is 36.5 Å². The second-order valence-corrected chi connectivity index (χ2v) is 6.40. The lowest BCUT2D eigenvalue weighted by Gasteiger charge is -2.16. The number of rotatable bonds is 4. The molecule has 4 rings (SSSR count). The molecule has 0 unspecified atom stereocenters. The molecular formula is C21H22N4O. The largest absolute Gasteiger partial charge is 0.497 e. The number of benzene rings is 2. The smallest absolute Gasteiger partial charge is 0.152 e. The minimum Gasteiger partial charge on any atom is -0.497 e. The summed E-state index contributed by atoms with van der Waals surface area (Å²) >= 11 is 0. The number of nitrogens with zero attached hydrogens (tertiary/aromatic N) is 2. The third-order valence-corrected chi connectivity index (χ3v) is 4.61. The SMILES string of the molecule is CCCc1cnc2n1NC(c1ccc(N)cc1)=c1cc(OC)ccc1=C2. The van der Waals surface area contributed by atoms with Crippen LogP contribution in [0.4, 0.5) is 5.69 Å². The number of fused-ring (bicyclic) bond motifs is 2. The Bertz CT molecular complexity index is 1060. The van der Waals surface area contributed by atoms with Gasteiger partial charge in [-0.15, -0.1) is 0 Å². The molecule has 0 fully saturated rings. The number of methoxy groups -OCH3 is 1. The molecule has 132 valence electrons. The average Bonchev–Trinajstić information content (AvgIpc) is 2.94. The lowest BCUT2D eigenvalue weighted by molar-refractivity contribution is 0.414. The molecule has 5 heteroatoms. The highest BCUT2D eigenvalue weighted by Gasteiger charge is 2.15. The maximum atomic E-state index is 5.88. The molecule has 2 heterocycles. The normalized spacial score (nSPS) is 12.5. The molecular weight excluding hydrogens is 324 g/mol. The van der Waals surface area contributed by atoms with E-state index in [0.717, 1.165) is 57.5 Å². The van der Waals surface area contributed by atoms with Crippen LogP contribution < -0.4 is 26.3 Å². The second kappa shape index (κ2) is 6.59. The quantitative estimate of drug-likeness (QED) is 0.709. The van der Waals surface area contributed by atoms with Crippen LogP contribution in [0.15, 0.2) is 48.7 Å². The zero-order valence-corrected chi connectivity index (χ0v) is 15.0. The minimum absolute atomic E-state index is 0.746. The summed E-state index contributed by atoms with van der Waals surface area (Å²) in [6, 6.07) is 14.0. The summed E-state index contributed by atoms with van der Waals surface area (Å²) in [5.74, 6) is 1.71. The van der Waals surface area contributed by atoms with E-state index in [9.17, 15) is 0 Å². The number of aryl methyl sites for hydroxylation is 1. The first-order valence-electron chi connectivity index (χ1n) is 8.79. The molecule has 0 radical (unpaired) electrons. The third kappa shape index (κ3) is 2.81. The molecule has 1 aliphatic heterocycles. The van der Waals surface area contributed by atoms with E-state index in [2.05, 4.69) is 40.2 Å². The van der Waals surface area contributed by atoms with Crippen molar-refractivity contribution in [1.82, 2.24) is 9.66 Å². The fraction of sp³-hybridized carbons (Fsp3) is 0.190. The Morgan fingerprint density at radius 2 is 1.96 bits per heavy atom. The van der Waals surface area contributed by atoms with Crippen LogP contribution in [0.5, 0.6) is 5.75 Å². The van der Waals surface area contributed by atoms with Crippen LogP contribution in [-0.2, 0) is 6.42 Å². The second-order valence-electron chi connectivity index (χ2n) is 6.40. The van der Waals surface area contributed by atoms with Crippen molar-refractivity contribution in [3.8, 4) is 5.75 Å². The molecule has 3 N–H and O–H groups in total. The van der Waals surface area contributed by atoms with Crippen molar-refractivity contribution in [2.45, 2.75) is 19.8 Å². The summed E-state index contributed by atoms with van der Waals surface area (Å²) < 4.78 is 7.52. The number of anilines is 1. The van der Waals surface area contributed by atoms with Gasteiger partial charge in [0.15, 0.2) is 5.82 Å². The van der Waals surface area contributed by atoms with Crippen LogP contribution in [0.2, 0.25) is 0 Å². The zero-order valence-electron chi connectivity index (χ0n) is 15.0. The van der Waals surface area contributed by atoms with Gasteiger partial charge < -0.3 is 10.5 Å². The van der Waals surface area contributed by atoms with E-state index in [1.165, 1.54) is 0 Å². The highest BCUT2D eigenvalue weighted by molar-refractivity contribution is 5.72. The molecule has 0 saturated carbocycles. The van der Waals surface area contributed by atoms with Gasteiger partial charge in [-0.2, -0.15) is 0 Å². The molecule has 0 atom stereocenters. The fourth-order valence-corrected chi connectivity index (χ4v) is 3.25. The van der Waals surface area contributed by atoms with Gasteiger partial charge in [0, 0.05) is 16.5 Å². The number of nitrogens with one attached hydrogen (secondary N) is 1. The van der Waals surface area contributed by atoms with Crippen molar-refractivity contribution >= 4 is 17.5 Å². The van der Waals surface area contributed by atoms with E-state index in [4.69, 9.17) is 10.5 Å². The highest BCUT2D eigenvalue weighted by atomic mass is 16.5. The predicted molar refractivity (Wildman–Crippen MR) is 105 cm³/mol. The van der Waals surface area contributed by atoms with Crippen LogP contribution in [0.3, 0.4) is 0 Å². The van der Waals surface area contributed by atoms with Crippen molar-refractivity contribution in [2.75, 3.05) is 18.3 Å². The molecule has 0 aliphatic carbocycles. The first kappa shape index (κ1) is 16.3. The molecule has 26 heavy (non-hydrogen) atoms. The summed E-state index contributed by atoms with van der Waals surface area (Å²) in [5, 5.41) is 2.17. The van der Waals surface area contributed by atoms with Crippen LogP contribution in [0.1, 0.15) is 30.4 Å². The number of hydrogen-bond acceptors (Lipinski definition) is 4. The van der Waals surface area contributed by atoms with Gasteiger partial charge in [0.05, 0.1) is 24.7 Å². The van der Waals surface area contributed by atoms with Gasteiger partial charge >= 0.3 is 0 Å². The number of nitrogens with two attached hydrogens (primary N) is 1. The molecule has 0 amide bonds. The van der Waals surface area contributed by atoms with Crippen LogP contribution >= 0.6 is 0 Å². The monoisotopic (exact) mass is 346 g/mol. The van der Waals surface area contributed by atoms with E-state index in [0.29, 0.717) is 0 Å². The molecule has 0 saturated heterocycles. The number of ether oxygens (including phenoxy) is 1. The van der Waals surface area contributed by atoms with E-state index < -0.39 is 0 Å². The van der Waals surface area contributed by atoms with Gasteiger partial charge in [0.25, 0.3) is 0 Å². The van der Waals surface area contributed by atoms with Gasteiger partial charge in [-0.05, 0) is 42.0 Å². The lowest BCUT2D eigenvalue weighted by Crippen LogP contribution is -2.30. The first-order valence-corrected chi connectivity index (χ1v) is 8.79. The molecule has 3 aromatic rings. The third-order valence-electron chi connectivity index (χ3n) is 4.61. The Morgan fingerprint density at radius 3 is 2.69 bits per heavy atom. The Kier molecular flexibility index (Phi) is 4.13. The van der Waals surface area contributed by atoms with Crippen molar-refractivity contribution in [2.24, 2.45) is 0 Å². The van der Waals surface area contributed by atoms with Crippen molar-refractivity contribution in [1.29, 1.82) is 0 Å². The van der Waals surface area contributed by atoms with Crippen molar-refractivity contribution in [3.63, 3.8) is 0 Å². The molecule has 0 spiro atoms. The summed E-state index contributed by atoms with van der Waals surface area (Å²) in [6.45, 7) is 2.17. The number of imidazole rings is 1. The lowest BCUT2D eigenvalue weighted by atomic mass is 10.1. The Labute approximate surface area is 152 Å². The number of hydrogen-bond donors (Lipinski definition) is 2. The zero-order chi connectivity index (χ0) is 18.1. The van der Waals surface area contributed by atoms with Gasteiger partial charge in [-0.25, -0.2) is 9.66 Å². The Balaban J connectivity index is 2.00. The summed E-state index contributed by atoms with van der Waals surface area (Å²) in [7, 11) is 1.68. The summed E-state index contributed by atoms with van der Waals surface area (Å²) in [5.41, 5.74) is 13.4. The summed E-state index contributed by atoms with van der Waals surface area (Å²) in [6.07, 6.45) is 6.07. The topological polar surface area (TPSA) is 65.1 Å². The van der Waals surface area contributed by atoms with Gasteiger partial charge in [-0.1, -0.05) is 31.5 Å². The van der Waals surface area contributed by atoms with Crippen LogP contribution in [0.25, 0.3) is 11.8 Å². The average molecular weight is 346 g/mol. The maximum Gasteiger partial charge on any atom is 0.152 e. The number of nitrogen functional groups attached to an aromatic ring is 1. The molecule has 1 aliphatic rings. The van der Waals surface area contributed by atoms with Crippen LogP contribution in [0, 0.1) is 0 Å². The molecule has 0 bridgehead atoms. The van der Waals surface area contributed by atoms with E-state index in [1.54, 1.807) is 7.11 Å².